The number of hydrogen-bond acceptors (Lipinski definition) is 4. The summed E-state index contributed by atoms with van der Waals surface area (Å²) in [5.41, 5.74) is 1.10. The summed E-state index contributed by atoms with van der Waals surface area (Å²) in [5.74, 6) is 2.36. The molecule has 1 fully saturated rings. The summed E-state index contributed by atoms with van der Waals surface area (Å²) in [6.45, 7) is 9.41. The lowest BCUT2D eigenvalue weighted by Gasteiger charge is -2.23. The van der Waals surface area contributed by atoms with Crippen molar-refractivity contribution in [3.05, 3.63) is 23.8 Å². The molecule has 0 spiro atoms. The molecule has 5 nitrogen and oxygen atoms in total. The highest BCUT2D eigenvalue weighted by Gasteiger charge is 2.19. The lowest BCUT2D eigenvalue weighted by Crippen LogP contribution is -2.36. The Morgan fingerprint density at radius 1 is 1.08 bits per heavy atom. The topological polar surface area (TPSA) is 42.0 Å². The fourth-order valence-electron chi connectivity index (χ4n) is 3.36. The maximum Gasteiger partial charge on any atom is 0.222 e. The average molecular weight is 348 g/mol. The Hall–Kier alpha value is -1.75. The third-order valence-corrected chi connectivity index (χ3v) is 4.64. The Morgan fingerprint density at radius 3 is 2.52 bits per heavy atom. The molecule has 0 saturated carbocycles. The molecule has 140 valence electrons. The van der Waals surface area contributed by atoms with Crippen molar-refractivity contribution in [3.8, 4) is 11.5 Å². The Morgan fingerprint density at radius 2 is 1.84 bits per heavy atom. The second kappa shape index (κ2) is 9.66. The molecule has 1 aliphatic rings. The van der Waals surface area contributed by atoms with Crippen molar-refractivity contribution in [3.63, 3.8) is 0 Å². The van der Waals surface area contributed by atoms with E-state index in [1.165, 1.54) is 0 Å². The Balaban J connectivity index is 1.85. The zero-order valence-corrected chi connectivity index (χ0v) is 16.1. The zero-order valence-electron chi connectivity index (χ0n) is 16.1. The second-order valence-corrected chi connectivity index (χ2v) is 7.12. The number of benzene rings is 1. The number of rotatable bonds is 7. The molecule has 0 atom stereocenters. The molecule has 0 aliphatic carbocycles. The molecule has 0 unspecified atom stereocenters. The molecule has 5 heteroatoms. The van der Waals surface area contributed by atoms with E-state index in [4.69, 9.17) is 9.47 Å². The van der Waals surface area contributed by atoms with Crippen LogP contribution in [-0.2, 0) is 11.2 Å². The number of carbonyl (C=O) groups excluding carboxylic acids is 1. The Bertz CT molecular complexity index is 560. The summed E-state index contributed by atoms with van der Waals surface area (Å²) >= 11 is 0. The number of hydrogen-bond donors (Lipinski definition) is 0. The van der Waals surface area contributed by atoms with Crippen LogP contribution in [0.2, 0.25) is 0 Å². The summed E-state index contributed by atoms with van der Waals surface area (Å²) in [6, 6.07) is 5.86. The minimum absolute atomic E-state index is 0.251. The third-order valence-electron chi connectivity index (χ3n) is 4.64. The number of ether oxygens (including phenoxy) is 2. The Kier molecular flexibility index (Phi) is 7.56. The van der Waals surface area contributed by atoms with Gasteiger partial charge in [0.15, 0.2) is 11.5 Å². The maximum atomic E-state index is 12.6. The van der Waals surface area contributed by atoms with Crippen LogP contribution in [0.25, 0.3) is 0 Å². The minimum atomic E-state index is 0.251. The molecular weight excluding hydrogens is 316 g/mol. The molecule has 1 aliphatic heterocycles. The molecule has 2 rings (SSSR count). The number of carbonyl (C=O) groups is 1. The largest absolute Gasteiger partial charge is 0.493 e. The van der Waals surface area contributed by atoms with Gasteiger partial charge in [-0.3, -0.25) is 4.79 Å². The smallest absolute Gasteiger partial charge is 0.222 e. The van der Waals surface area contributed by atoms with E-state index < -0.39 is 0 Å². The first kappa shape index (κ1) is 19.6. The van der Waals surface area contributed by atoms with Crippen molar-refractivity contribution in [2.24, 2.45) is 5.92 Å². The van der Waals surface area contributed by atoms with E-state index >= 15 is 0 Å². The van der Waals surface area contributed by atoms with Crippen LogP contribution in [0.3, 0.4) is 0 Å². The van der Waals surface area contributed by atoms with Crippen LogP contribution in [0.1, 0.15) is 32.3 Å². The molecule has 25 heavy (non-hydrogen) atoms. The van der Waals surface area contributed by atoms with Crippen LogP contribution >= 0.6 is 0 Å². The van der Waals surface area contributed by atoms with Gasteiger partial charge in [-0.15, -0.1) is 0 Å². The summed E-state index contributed by atoms with van der Waals surface area (Å²) < 4.78 is 10.6. The van der Waals surface area contributed by atoms with Crippen LogP contribution in [0.5, 0.6) is 11.5 Å². The molecule has 0 N–H and O–H groups in total. The number of methoxy groups -OCH3 is 2. The molecule has 1 saturated heterocycles. The van der Waals surface area contributed by atoms with Crippen molar-refractivity contribution in [2.75, 3.05) is 46.9 Å². The summed E-state index contributed by atoms with van der Waals surface area (Å²) in [6.07, 6.45) is 2.33. The van der Waals surface area contributed by atoms with Crippen molar-refractivity contribution in [2.45, 2.75) is 33.1 Å². The summed E-state index contributed by atoms with van der Waals surface area (Å²) in [4.78, 5) is 17.1. The van der Waals surface area contributed by atoms with Crippen molar-refractivity contribution >= 4 is 5.91 Å². The van der Waals surface area contributed by atoms with Gasteiger partial charge < -0.3 is 19.3 Å². The predicted molar refractivity (Wildman–Crippen MR) is 100 cm³/mol. The van der Waals surface area contributed by atoms with Crippen LogP contribution < -0.4 is 9.47 Å². The molecule has 0 bridgehead atoms. The van der Waals surface area contributed by atoms with E-state index in [9.17, 15) is 4.79 Å². The molecule has 1 aromatic rings. The first-order chi connectivity index (χ1) is 12.0. The third kappa shape index (κ3) is 5.92. The first-order valence-electron chi connectivity index (χ1n) is 9.24. The van der Waals surface area contributed by atoms with Gasteiger partial charge in [-0.1, -0.05) is 19.9 Å². The highest BCUT2D eigenvalue weighted by Crippen LogP contribution is 2.28. The van der Waals surface area contributed by atoms with Crippen LogP contribution in [-0.4, -0.2) is 62.7 Å². The fraction of sp³-hybridized carbons (Fsp3) is 0.650. The Labute approximate surface area is 151 Å². The molecule has 1 amide bonds. The van der Waals surface area contributed by atoms with E-state index in [-0.39, 0.29) is 5.91 Å². The van der Waals surface area contributed by atoms with Gasteiger partial charge in [0.05, 0.1) is 14.2 Å². The van der Waals surface area contributed by atoms with Crippen LogP contribution in [0, 0.1) is 5.92 Å². The first-order valence-corrected chi connectivity index (χ1v) is 9.24. The molecule has 0 radical (unpaired) electrons. The molecule has 1 aromatic carbocycles. The zero-order chi connectivity index (χ0) is 18.2. The van der Waals surface area contributed by atoms with Gasteiger partial charge in [0.2, 0.25) is 5.91 Å². The van der Waals surface area contributed by atoms with Gasteiger partial charge in [0.25, 0.3) is 0 Å². The number of nitrogens with zero attached hydrogens (tertiary/aromatic N) is 2. The summed E-state index contributed by atoms with van der Waals surface area (Å²) in [7, 11) is 3.26. The maximum absolute atomic E-state index is 12.6. The fourth-order valence-corrected chi connectivity index (χ4v) is 3.36. The monoisotopic (exact) mass is 348 g/mol. The highest BCUT2D eigenvalue weighted by molar-refractivity contribution is 5.76. The van der Waals surface area contributed by atoms with Gasteiger partial charge in [0, 0.05) is 32.6 Å². The number of aryl methyl sites for hydroxylation is 1. The van der Waals surface area contributed by atoms with E-state index in [0.29, 0.717) is 18.1 Å². The van der Waals surface area contributed by atoms with Crippen molar-refractivity contribution in [1.82, 2.24) is 9.80 Å². The standard InChI is InChI=1S/C20H32N2O3/c1-16(2)15-21-10-5-11-22(13-12-21)20(23)9-7-17-6-8-18(24-3)19(14-17)25-4/h6,8,14,16H,5,7,9-13,15H2,1-4H3. The summed E-state index contributed by atoms with van der Waals surface area (Å²) in [5, 5.41) is 0. The van der Waals surface area contributed by atoms with Crippen LogP contribution in [0.15, 0.2) is 18.2 Å². The van der Waals surface area contributed by atoms with E-state index in [1.807, 2.05) is 23.1 Å². The van der Waals surface area contributed by atoms with E-state index in [2.05, 4.69) is 18.7 Å². The predicted octanol–water partition coefficient (Wildman–Crippen LogP) is 2.83. The quantitative estimate of drug-likeness (QED) is 0.760. The SMILES string of the molecule is COc1ccc(CCC(=O)N2CCCN(CC(C)C)CC2)cc1OC. The molecule has 0 aromatic heterocycles. The van der Waals surface area contributed by atoms with Gasteiger partial charge in [0.1, 0.15) is 0 Å². The van der Waals surface area contributed by atoms with E-state index in [1.54, 1.807) is 14.2 Å². The normalized spacial score (nSPS) is 16.0. The van der Waals surface area contributed by atoms with Crippen molar-refractivity contribution < 1.29 is 14.3 Å². The lowest BCUT2D eigenvalue weighted by atomic mass is 10.1. The average Bonchev–Trinajstić information content (AvgIpc) is 2.84. The van der Waals surface area contributed by atoms with E-state index in [0.717, 1.165) is 56.9 Å². The van der Waals surface area contributed by atoms with Crippen molar-refractivity contribution in [1.29, 1.82) is 0 Å². The van der Waals surface area contributed by atoms with Gasteiger partial charge in [-0.2, -0.15) is 0 Å². The second-order valence-electron chi connectivity index (χ2n) is 7.12. The minimum Gasteiger partial charge on any atom is -0.493 e. The lowest BCUT2D eigenvalue weighted by molar-refractivity contribution is -0.131. The van der Waals surface area contributed by atoms with Gasteiger partial charge in [-0.05, 0) is 43.0 Å². The number of amides is 1. The van der Waals surface area contributed by atoms with Crippen LogP contribution in [0.4, 0.5) is 0 Å². The molecule has 1 heterocycles. The molecular formula is C20H32N2O3. The van der Waals surface area contributed by atoms with Gasteiger partial charge in [-0.25, -0.2) is 0 Å². The van der Waals surface area contributed by atoms with Gasteiger partial charge >= 0.3 is 0 Å². The highest BCUT2D eigenvalue weighted by atomic mass is 16.5.